The van der Waals surface area contributed by atoms with Gasteiger partial charge < -0.3 is 26.6 Å². The second kappa shape index (κ2) is 12.8. The maximum atomic E-state index is 14.5. The smallest absolute Gasteiger partial charge is 0.315 e. The van der Waals surface area contributed by atoms with Gasteiger partial charge in [-0.15, -0.1) is 0 Å². The first kappa shape index (κ1) is 35.5. The van der Waals surface area contributed by atoms with Crippen LogP contribution in [-0.2, 0) is 19.2 Å². The molecule has 270 valence electrons. The van der Waals surface area contributed by atoms with Crippen molar-refractivity contribution in [2.75, 3.05) is 13.1 Å². The van der Waals surface area contributed by atoms with Gasteiger partial charge in [0.1, 0.15) is 12.1 Å². The molecule has 13 heteroatoms. The first-order valence-corrected chi connectivity index (χ1v) is 17.9. The molecule has 13 nitrogen and oxygen atoms in total. The zero-order chi connectivity index (χ0) is 36.3. The van der Waals surface area contributed by atoms with Gasteiger partial charge in [0.25, 0.3) is 17.7 Å². The lowest BCUT2D eigenvalue weighted by atomic mass is 9.81. The number of hydrogen-bond donors (Lipinski definition) is 4. The predicted molar refractivity (Wildman–Crippen MR) is 182 cm³/mol. The summed E-state index contributed by atoms with van der Waals surface area (Å²) in [6, 6.07) is 3.11. The van der Waals surface area contributed by atoms with Crippen molar-refractivity contribution in [1.82, 2.24) is 25.8 Å². The summed E-state index contributed by atoms with van der Waals surface area (Å²) in [5.41, 5.74) is 4.14. The number of nitrogens with one attached hydrogen (secondary N) is 3. The van der Waals surface area contributed by atoms with E-state index < -0.39 is 70.4 Å². The van der Waals surface area contributed by atoms with E-state index in [1.165, 1.54) is 9.80 Å². The Balaban J connectivity index is 1.19. The highest BCUT2D eigenvalue weighted by Crippen LogP contribution is 2.65. The topological polar surface area (TPSA) is 188 Å². The lowest BCUT2D eigenvalue weighted by Gasteiger charge is -2.42. The van der Waals surface area contributed by atoms with E-state index in [1.54, 1.807) is 24.3 Å². The minimum atomic E-state index is -1.11. The lowest BCUT2D eigenvalue weighted by Crippen LogP contribution is -2.64. The number of likely N-dealkylation sites (tertiary alicyclic amines) is 1. The van der Waals surface area contributed by atoms with Crippen LogP contribution in [0.2, 0.25) is 0 Å². The molecule has 0 aromatic heterocycles. The summed E-state index contributed by atoms with van der Waals surface area (Å²) in [5, 5.41) is 8.77. The van der Waals surface area contributed by atoms with Crippen LogP contribution in [0.25, 0.3) is 0 Å². The van der Waals surface area contributed by atoms with Gasteiger partial charge in [0.15, 0.2) is 0 Å². The fourth-order valence-electron chi connectivity index (χ4n) is 8.62. The van der Waals surface area contributed by atoms with Crippen LogP contribution in [0.4, 0.5) is 4.79 Å². The number of Topliss-reactive ketones (excluding diaryl/α,β-unsaturated/α-hetero) is 1. The maximum absolute atomic E-state index is 14.5. The zero-order valence-corrected chi connectivity index (χ0v) is 29.7. The third kappa shape index (κ3) is 6.62. The average molecular weight is 691 g/mol. The number of ketones is 1. The number of carbonyl (C=O) groups excluding carboxylic acids is 7. The Labute approximate surface area is 292 Å². The summed E-state index contributed by atoms with van der Waals surface area (Å²) in [6.07, 6.45) is 5.81. The van der Waals surface area contributed by atoms with Crippen LogP contribution < -0.4 is 21.7 Å². The highest BCUT2D eigenvalue weighted by Gasteiger charge is 2.70. The van der Waals surface area contributed by atoms with Gasteiger partial charge in [0.2, 0.25) is 17.6 Å². The van der Waals surface area contributed by atoms with E-state index in [1.807, 2.05) is 34.6 Å². The Morgan fingerprint density at radius 1 is 0.940 bits per heavy atom. The Bertz CT molecular complexity index is 1590. The second-order valence-corrected chi connectivity index (χ2v) is 16.8. The molecule has 3 aliphatic carbocycles. The number of fused-ring (bicyclic) bond motifs is 2. The molecule has 5 atom stereocenters. The summed E-state index contributed by atoms with van der Waals surface area (Å²) in [7, 11) is 0. The van der Waals surface area contributed by atoms with Crippen molar-refractivity contribution in [3.05, 3.63) is 35.4 Å². The molecule has 1 aromatic rings. The van der Waals surface area contributed by atoms with E-state index in [9.17, 15) is 33.6 Å². The van der Waals surface area contributed by atoms with E-state index in [2.05, 4.69) is 16.0 Å². The van der Waals surface area contributed by atoms with Crippen molar-refractivity contribution < 1.29 is 33.6 Å². The maximum Gasteiger partial charge on any atom is 0.315 e. The van der Waals surface area contributed by atoms with Crippen LogP contribution in [0.1, 0.15) is 107 Å². The number of amides is 7. The number of hydrogen-bond acceptors (Lipinski definition) is 7. The van der Waals surface area contributed by atoms with Crippen LogP contribution in [0.15, 0.2) is 24.3 Å². The molecular formula is C37H50N6O7. The van der Waals surface area contributed by atoms with E-state index in [-0.39, 0.29) is 29.7 Å². The van der Waals surface area contributed by atoms with E-state index >= 15 is 0 Å². The number of urea groups is 1. The van der Waals surface area contributed by atoms with Crippen LogP contribution in [-0.4, -0.2) is 87.9 Å². The summed E-state index contributed by atoms with van der Waals surface area (Å²) in [5.74, 6) is -3.54. The number of nitrogens with zero attached hydrogens (tertiary/aromatic N) is 2. The number of imide groups is 1. The zero-order valence-electron chi connectivity index (χ0n) is 29.7. The van der Waals surface area contributed by atoms with Gasteiger partial charge in [-0.3, -0.25) is 33.7 Å². The number of benzene rings is 1. The van der Waals surface area contributed by atoms with Crippen molar-refractivity contribution in [1.29, 1.82) is 0 Å². The van der Waals surface area contributed by atoms with Crippen LogP contribution in [0.5, 0.6) is 0 Å². The van der Waals surface area contributed by atoms with Crippen molar-refractivity contribution in [2.45, 2.75) is 110 Å². The quantitative estimate of drug-likeness (QED) is 0.203. The first-order chi connectivity index (χ1) is 23.4. The number of piperidine rings is 1. The molecule has 50 heavy (non-hydrogen) atoms. The van der Waals surface area contributed by atoms with Gasteiger partial charge in [-0.05, 0) is 60.0 Å². The molecule has 0 radical (unpaired) electrons. The van der Waals surface area contributed by atoms with Crippen LogP contribution >= 0.6 is 0 Å². The highest BCUT2D eigenvalue weighted by atomic mass is 16.2. The first-order valence-electron chi connectivity index (χ1n) is 17.9. The number of primary amides is 1. The average Bonchev–Trinajstić information content (AvgIpc) is 3.88. The summed E-state index contributed by atoms with van der Waals surface area (Å²) < 4.78 is 0. The molecule has 1 unspecified atom stereocenters. The molecule has 2 aliphatic heterocycles. The number of nitrogens with two attached hydrogens (primary N) is 1. The molecule has 1 saturated heterocycles. The van der Waals surface area contributed by atoms with Gasteiger partial charge in [-0.2, -0.15) is 0 Å². The normalized spacial score (nSPS) is 26.0. The molecule has 0 bridgehead atoms. The standard InChI is InChI=1S/C37H50N6O7/c1-35(2,3)28(40-34(50)41-37(15-9-6-10-16-37)19-43-31(47)21-11-7-8-12-22(21)32(43)48)33(49)42-18-23-25(36(23,4)5)26(42)30(46)39-24(17-20-13-14-20)27(44)29(38)45/h7-8,11-12,20,23-26,28H,6,9-10,13-19H2,1-5H3,(H2,38,45)(H,39,46)(H2,40,41,50)/t23-,24?,25-,26-,28+/m0/s1. The van der Waals surface area contributed by atoms with Gasteiger partial charge in [0.05, 0.1) is 29.3 Å². The molecule has 2 heterocycles. The second-order valence-electron chi connectivity index (χ2n) is 16.8. The lowest BCUT2D eigenvalue weighted by molar-refractivity contribution is -0.145. The molecule has 0 spiro atoms. The largest absolute Gasteiger partial charge is 0.363 e. The third-order valence-electron chi connectivity index (χ3n) is 11.8. The van der Waals surface area contributed by atoms with Gasteiger partial charge in [-0.1, -0.05) is 78.9 Å². The van der Waals surface area contributed by atoms with Crippen molar-refractivity contribution in [2.24, 2.45) is 34.3 Å². The summed E-state index contributed by atoms with van der Waals surface area (Å²) >= 11 is 0. The monoisotopic (exact) mass is 690 g/mol. The van der Waals surface area contributed by atoms with Gasteiger partial charge >= 0.3 is 6.03 Å². The molecule has 7 amide bonds. The molecule has 6 rings (SSSR count). The fourth-order valence-corrected chi connectivity index (χ4v) is 8.62. The molecule has 1 aromatic carbocycles. The highest BCUT2D eigenvalue weighted by molar-refractivity contribution is 6.37. The third-order valence-corrected chi connectivity index (χ3v) is 11.8. The Kier molecular flexibility index (Phi) is 9.09. The Morgan fingerprint density at radius 3 is 2.08 bits per heavy atom. The number of rotatable bonds is 11. The number of carbonyl (C=O) groups is 7. The summed E-state index contributed by atoms with van der Waals surface area (Å²) in [4.78, 5) is 96.1. The minimum absolute atomic E-state index is 0.0136. The molecule has 5 aliphatic rings. The predicted octanol–water partition coefficient (Wildman–Crippen LogP) is 2.52. The van der Waals surface area contributed by atoms with Crippen LogP contribution in [0.3, 0.4) is 0 Å². The molecular weight excluding hydrogens is 640 g/mol. The summed E-state index contributed by atoms with van der Waals surface area (Å²) in [6.45, 7) is 9.91. The van der Waals surface area contributed by atoms with Crippen molar-refractivity contribution in [3.8, 4) is 0 Å². The molecule has 4 fully saturated rings. The van der Waals surface area contributed by atoms with E-state index in [4.69, 9.17) is 5.73 Å². The van der Waals surface area contributed by atoms with Crippen molar-refractivity contribution in [3.63, 3.8) is 0 Å². The van der Waals surface area contributed by atoms with E-state index in [0.717, 1.165) is 32.1 Å². The fraction of sp³-hybridized carbons (Fsp3) is 0.649. The molecule has 3 saturated carbocycles. The molecule has 5 N–H and O–H groups in total. The van der Waals surface area contributed by atoms with E-state index in [0.29, 0.717) is 36.9 Å². The van der Waals surface area contributed by atoms with Crippen molar-refractivity contribution >= 4 is 41.4 Å². The Morgan fingerprint density at radius 2 is 1.54 bits per heavy atom. The van der Waals surface area contributed by atoms with Crippen LogP contribution in [0, 0.1) is 28.6 Å². The minimum Gasteiger partial charge on any atom is -0.363 e. The van der Waals surface area contributed by atoms with Gasteiger partial charge in [0, 0.05) is 6.54 Å². The SMILES string of the molecule is CC(C)(C)[C@H](NC(=O)NC1(CN2C(=O)c3ccccc3C2=O)CCCCC1)C(=O)N1C[C@H]2[C@@H]([C@H]1C(=O)NC(CC1CC1)C(=O)C(N)=O)C2(C)C. The Hall–Kier alpha value is -4.29. The van der Waals surface area contributed by atoms with Gasteiger partial charge in [-0.25, -0.2) is 4.79 Å².